The van der Waals surface area contributed by atoms with Crippen molar-refractivity contribution in [3.63, 3.8) is 0 Å². The normalized spacial score (nSPS) is 49.4. The third-order valence-corrected chi connectivity index (χ3v) is 12.8. The minimum absolute atomic E-state index is 0.00873. The standard InChI is InChI=1S/C34H47NO3/c1-21-12-17-34(35-20-21)22(2)30-29(38-34)19-28-26-11-10-24-18-25(37-31(36)23-8-6-5-7-9-23)13-15-32(24,3)27(26)14-16-33(28,30)4/h5-10,21-22,25-30,35H,11-20H2,1-4H3/t21-,22-,25+,26-,27+,28+,29+,30+,32+,33+,34-/m1/s1. The SMILES string of the molecule is C[C@@H]1CC[C@@]2(NC1)O[C@H]1C[C@H]3[C@@H]4CC=C5C[C@@H](OC(=O)c6ccccc6)CC[C@]5(C)[C@H]4CC[C@]3(C)[C@H]1[C@H]2C. The zero-order valence-electron chi connectivity index (χ0n) is 23.9. The summed E-state index contributed by atoms with van der Waals surface area (Å²) in [5.74, 6) is 4.14. The van der Waals surface area contributed by atoms with E-state index in [0.717, 1.165) is 49.5 Å². The summed E-state index contributed by atoms with van der Waals surface area (Å²) in [6.07, 6.45) is 13.6. The number of hydrogen-bond acceptors (Lipinski definition) is 4. The molecule has 6 aliphatic rings. The second-order valence-electron chi connectivity index (χ2n) is 14.6. The molecule has 1 N–H and O–H groups in total. The van der Waals surface area contributed by atoms with E-state index in [0.29, 0.717) is 28.9 Å². The maximum atomic E-state index is 12.7. The molecule has 11 atom stereocenters. The fraction of sp³-hybridized carbons (Fsp3) is 0.735. The van der Waals surface area contributed by atoms with Gasteiger partial charge in [0, 0.05) is 18.9 Å². The van der Waals surface area contributed by atoms with Gasteiger partial charge in [-0.15, -0.1) is 0 Å². The smallest absolute Gasteiger partial charge is 0.338 e. The molecule has 7 rings (SSSR count). The van der Waals surface area contributed by atoms with Gasteiger partial charge in [-0.1, -0.05) is 57.5 Å². The average molecular weight is 518 g/mol. The highest BCUT2D eigenvalue weighted by molar-refractivity contribution is 5.89. The first-order chi connectivity index (χ1) is 18.2. The molecule has 4 aliphatic carbocycles. The molecule has 2 aliphatic heterocycles. The molecule has 4 nitrogen and oxygen atoms in total. The van der Waals surface area contributed by atoms with Crippen LogP contribution >= 0.6 is 0 Å². The quantitative estimate of drug-likeness (QED) is 0.334. The largest absolute Gasteiger partial charge is 0.458 e. The number of benzene rings is 1. The van der Waals surface area contributed by atoms with Crippen molar-refractivity contribution >= 4 is 5.97 Å². The number of nitrogens with one attached hydrogen (secondary N) is 1. The Morgan fingerprint density at radius 2 is 1.84 bits per heavy atom. The first kappa shape index (κ1) is 25.3. The maximum Gasteiger partial charge on any atom is 0.338 e. The van der Waals surface area contributed by atoms with E-state index in [1.165, 1.54) is 38.5 Å². The lowest BCUT2D eigenvalue weighted by molar-refractivity contribution is -0.115. The molecule has 0 unspecified atom stereocenters. The van der Waals surface area contributed by atoms with Gasteiger partial charge in [0.25, 0.3) is 0 Å². The van der Waals surface area contributed by atoms with Crippen molar-refractivity contribution in [1.82, 2.24) is 5.32 Å². The van der Waals surface area contributed by atoms with Gasteiger partial charge in [0.2, 0.25) is 0 Å². The van der Waals surface area contributed by atoms with E-state index in [1.807, 2.05) is 30.3 Å². The Bertz CT molecular complexity index is 1110. The number of ether oxygens (including phenoxy) is 2. The van der Waals surface area contributed by atoms with Crippen LogP contribution in [0.3, 0.4) is 0 Å². The van der Waals surface area contributed by atoms with Crippen LogP contribution in [0, 0.1) is 46.3 Å². The van der Waals surface area contributed by atoms with Crippen LogP contribution in [0.2, 0.25) is 0 Å². The average Bonchev–Trinajstić information content (AvgIpc) is 3.36. The predicted molar refractivity (Wildman–Crippen MR) is 149 cm³/mol. The number of rotatable bonds is 2. The molecule has 2 saturated heterocycles. The Kier molecular flexibility index (Phi) is 5.95. The zero-order chi connectivity index (χ0) is 26.3. The summed E-state index contributed by atoms with van der Waals surface area (Å²) in [4.78, 5) is 12.7. The molecule has 206 valence electrons. The molecule has 1 spiro atoms. The van der Waals surface area contributed by atoms with Crippen LogP contribution in [0.5, 0.6) is 0 Å². The first-order valence-electron chi connectivity index (χ1n) is 15.6. The van der Waals surface area contributed by atoms with Gasteiger partial charge in [0.1, 0.15) is 11.8 Å². The fourth-order valence-corrected chi connectivity index (χ4v) is 10.7. The van der Waals surface area contributed by atoms with Crippen molar-refractivity contribution < 1.29 is 14.3 Å². The predicted octanol–water partition coefficient (Wildman–Crippen LogP) is 7.15. The lowest BCUT2D eigenvalue weighted by Gasteiger charge is -2.58. The van der Waals surface area contributed by atoms with Gasteiger partial charge < -0.3 is 9.47 Å². The molecule has 1 aromatic carbocycles. The maximum absolute atomic E-state index is 12.7. The second-order valence-corrected chi connectivity index (χ2v) is 14.6. The number of esters is 1. The van der Waals surface area contributed by atoms with Gasteiger partial charge in [-0.05, 0) is 104 Å². The summed E-state index contributed by atoms with van der Waals surface area (Å²) in [7, 11) is 0. The molecule has 0 bridgehead atoms. The van der Waals surface area contributed by atoms with E-state index in [4.69, 9.17) is 9.47 Å². The van der Waals surface area contributed by atoms with Crippen LogP contribution in [0.4, 0.5) is 0 Å². The zero-order valence-corrected chi connectivity index (χ0v) is 23.9. The van der Waals surface area contributed by atoms with Gasteiger partial charge in [-0.2, -0.15) is 0 Å². The van der Waals surface area contributed by atoms with Gasteiger partial charge in [-0.25, -0.2) is 4.79 Å². The van der Waals surface area contributed by atoms with Gasteiger partial charge in [0.15, 0.2) is 0 Å². The molecule has 2 heterocycles. The molecule has 0 aromatic heterocycles. The summed E-state index contributed by atoms with van der Waals surface area (Å²) in [6, 6.07) is 9.46. The van der Waals surface area contributed by atoms with Crippen molar-refractivity contribution in [2.24, 2.45) is 46.3 Å². The van der Waals surface area contributed by atoms with E-state index in [2.05, 4.69) is 39.1 Å². The van der Waals surface area contributed by atoms with Crippen LogP contribution in [-0.2, 0) is 9.47 Å². The Hall–Kier alpha value is -1.65. The lowest BCUT2D eigenvalue weighted by Crippen LogP contribution is -2.57. The first-order valence-corrected chi connectivity index (χ1v) is 15.6. The lowest BCUT2D eigenvalue weighted by atomic mass is 9.47. The summed E-state index contributed by atoms with van der Waals surface area (Å²) < 4.78 is 13.1. The van der Waals surface area contributed by atoms with Gasteiger partial charge in [0.05, 0.1) is 11.7 Å². The Labute approximate surface area is 229 Å². The number of allylic oxidation sites excluding steroid dienone is 1. The molecular formula is C34H47NO3. The highest BCUT2D eigenvalue weighted by Crippen LogP contribution is 2.70. The van der Waals surface area contributed by atoms with Crippen molar-refractivity contribution in [2.45, 2.75) is 103 Å². The van der Waals surface area contributed by atoms with Crippen molar-refractivity contribution in [2.75, 3.05) is 6.54 Å². The molecule has 38 heavy (non-hydrogen) atoms. The van der Waals surface area contributed by atoms with E-state index in [1.54, 1.807) is 5.57 Å². The molecule has 0 radical (unpaired) electrons. The number of hydrogen-bond donors (Lipinski definition) is 1. The van der Waals surface area contributed by atoms with Gasteiger partial charge in [-0.3, -0.25) is 5.32 Å². The van der Waals surface area contributed by atoms with E-state index >= 15 is 0 Å². The number of fused-ring (bicyclic) bond motifs is 7. The Morgan fingerprint density at radius 1 is 1.03 bits per heavy atom. The third-order valence-electron chi connectivity index (χ3n) is 12.8. The molecule has 5 fully saturated rings. The minimum atomic E-state index is -0.173. The number of piperidine rings is 1. The van der Waals surface area contributed by atoms with Crippen molar-refractivity contribution in [3.05, 3.63) is 47.5 Å². The van der Waals surface area contributed by atoms with Crippen molar-refractivity contribution in [1.29, 1.82) is 0 Å². The topological polar surface area (TPSA) is 47.6 Å². The van der Waals surface area contributed by atoms with Crippen molar-refractivity contribution in [3.8, 4) is 0 Å². The van der Waals surface area contributed by atoms with Crippen LogP contribution < -0.4 is 5.32 Å². The highest BCUT2D eigenvalue weighted by atomic mass is 16.5. The Morgan fingerprint density at radius 3 is 2.61 bits per heavy atom. The van der Waals surface area contributed by atoms with Crippen LogP contribution in [0.1, 0.15) is 95.8 Å². The molecule has 4 heteroatoms. The van der Waals surface area contributed by atoms with Crippen LogP contribution in [0.15, 0.2) is 42.0 Å². The highest BCUT2D eigenvalue weighted by Gasteiger charge is 2.68. The minimum Gasteiger partial charge on any atom is -0.458 e. The second kappa shape index (κ2) is 8.93. The Balaban J connectivity index is 1.08. The number of carbonyl (C=O) groups is 1. The number of carbonyl (C=O) groups excluding carboxylic acids is 1. The summed E-state index contributed by atoms with van der Waals surface area (Å²) in [5.41, 5.74) is 2.80. The monoisotopic (exact) mass is 517 g/mol. The summed E-state index contributed by atoms with van der Waals surface area (Å²) in [6.45, 7) is 11.2. The summed E-state index contributed by atoms with van der Waals surface area (Å²) in [5, 5.41) is 3.90. The summed E-state index contributed by atoms with van der Waals surface area (Å²) >= 11 is 0. The van der Waals surface area contributed by atoms with Gasteiger partial charge >= 0.3 is 5.97 Å². The van der Waals surface area contributed by atoms with Crippen LogP contribution in [-0.4, -0.2) is 30.4 Å². The third kappa shape index (κ3) is 3.65. The molecule has 3 saturated carbocycles. The van der Waals surface area contributed by atoms with Crippen LogP contribution in [0.25, 0.3) is 0 Å². The van der Waals surface area contributed by atoms with E-state index in [9.17, 15) is 4.79 Å². The fourth-order valence-electron chi connectivity index (χ4n) is 10.7. The molecule has 0 amide bonds. The van der Waals surface area contributed by atoms with E-state index in [-0.39, 0.29) is 23.2 Å². The van der Waals surface area contributed by atoms with E-state index < -0.39 is 0 Å². The molecular weight excluding hydrogens is 470 g/mol. The molecule has 1 aromatic rings.